The molecule has 31 heavy (non-hydrogen) atoms. The number of allylic oxidation sites excluding steroid dienone is 1. The summed E-state index contributed by atoms with van der Waals surface area (Å²) in [6.07, 6.45) is 10.8. The number of hydrogen-bond donors (Lipinski definition) is 0. The second-order valence-electron chi connectivity index (χ2n) is 8.58. The first-order valence-electron chi connectivity index (χ1n) is 11.1. The van der Waals surface area contributed by atoms with E-state index in [2.05, 4.69) is 11.4 Å². The summed E-state index contributed by atoms with van der Waals surface area (Å²) in [4.78, 5) is 39.2. The average Bonchev–Trinajstić information content (AvgIpc) is 3.42. The first-order chi connectivity index (χ1) is 15.0. The first-order valence-corrected chi connectivity index (χ1v) is 11.1. The number of carbonyl (C=O) groups is 3. The third-order valence-electron chi connectivity index (χ3n) is 6.44. The second kappa shape index (κ2) is 9.45. The van der Waals surface area contributed by atoms with Crippen molar-refractivity contribution in [1.29, 1.82) is 0 Å². The quantitative estimate of drug-likeness (QED) is 0.647. The number of carbonyl (C=O) groups excluding carboxylic acids is 3. The highest BCUT2D eigenvalue weighted by Gasteiger charge is 2.28. The van der Waals surface area contributed by atoms with Crippen molar-refractivity contribution in [3.63, 3.8) is 0 Å². The van der Waals surface area contributed by atoms with Crippen molar-refractivity contribution in [3.8, 4) is 0 Å². The number of aryl methyl sites for hydroxylation is 1. The molecule has 1 saturated heterocycles. The van der Waals surface area contributed by atoms with Crippen molar-refractivity contribution in [2.24, 2.45) is 5.92 Å². The van der Waals surface area contributed by atoms with Crippen molar-refractivity contribution in [2.45, 2.75) is 58.3 Å². The highest BCUT2D eigenvalue weighted by atomic mass is 16.5. The molecule has 2 aliphatic rings. The lowest BCUT2D eigenvalue weighted by molar-refractivity contribution is -0.132. The summed E-state index contributed by atoms with van der Waals surface area (Å²) >= 11 is 0. The number of piperidine rings is 1. The molecule has 0 bridgehead atoms. The van der Waals surface area contributed by atoms with Crippen LogP contribution in [0.25, 0.3) is 6.20 Å². The van der Waals surface area contributed by atoms with Crippen molar-refractivity contribution >= 4 is 23.7 Å². The third-order valence-corrected chi connectivity index (χ3v) is 6.44. The molecule has 0 aromatic carbocycles. The normalized spacial score (nSPS) is 17.6. The van der Waals surface area contributed by atoms with Gasteiger partial charge in [0.25, 0.3) is 0 Å². The summed E-state index contributed by atoms with van der Waals surface area (Å²) in [5, 5.41) is 3.60. The SMILES string of the molecule is Cc1ccc2n1C=C(CCCC(=O)N1CCC(C(=O)c3cnoc3)CC1)CCCC2=O. The molecule has 1 fully saturated rings. The van der Waals surface area contributed by atoms with E-state index in [0.717, 1.165) is 37.1 Å². The van der Waals surface area contributed by atoms with Crippen LogP contribution in [0.15, 0.2) is 34.7 Å². The van der Waals surface area contributed by atoms with Gasteiger partial charge in [-0.1, -0.05) is 10.7 Å². The Morgan fingerprint density at radius 1 is 1.19 bits per heavy atom. The van der Waals surface area contributed by atoms with E-state index in [1.165, 1.54) is 18.0 Å². The molecular weight excluding hydrogens is 394 g/mol. The number of amides is 1. The lowest BCUT2D eigenvalue weighted by Gasteiger charge is -2.31. The third kappa shape index (κ3) is 4.86. The first kappa shape index (κ1) is 21.3. The van der Waals surface area contributed by atoms with Crippen LogP contribution in [0.2, 0.25) is 0 Å². The summed E-state index contributed by atoms with van der Waals surface area (Å²) < 4.78 is 6.76. The van der Waals surface area contributed by atoms with Gasteiger partial charge < -0.3 is 14.0 Å². The molecule has 7 nitrogen and oxygen atoms in total. The highest BCUT2D eigenvalue weighted by Crippen LogP contribution is 2.25. The minimum Gasteiger partial charge on any atom is -0.364 e. The number of Topliss-reactive ketones (excluding diaryl/α,β-unsaturated/α-hetero) is 2. The predicted octanol–water partition coefficient (Wildman–Crippen LogP) is 4.28. The van der Waals surface area contributed by atoms with E-state index in [0.29, 0.717) is 44.3 Å². The van der Waals surface area contributed by atoms with E-state index < -0.39 is 0 Å². The topological polar surface area (TPSA) is 85.4 Å². The molecule has 2 aromatic rings. The van der Waals surface area contributed by atoms with Crippen molar-refractivity contribution < 1.29 is 18.9 Å². The highest BCUT2D eigenvalue weighted by molar-refractivity contribution is 5.97. The molecule has 4 heterocycles. The number of likely N-dealkylation sites (tertiary alicyclic amines) is 1. The lowest BCUT2D eigenvalue weighted by Crippen LogP contribution is -2.40. The molecule has 0 aliphatic carbocycles. The van der Waals surface area contributed by atoms with E-state index >= 15 is 0 Å². The fourth-order valence-corrected chi connectivity index (χ4v) is 4.57. The Balaban J connectivity index is 1.27. The van der Waals surface area contributed by atoms with Crippen LogP contribution >= 0.6 is 0 Å². The monoisotopic (exact) mass is 423 g/mol. The number of nitrogens with zero attached hydrogens (tertiary/aromatic N) is 3. The molecule has 0 atom stereocenters. The Kier molecular flexibility index (Phi) is 6.49. The zero-order valence-electron chi connectivity index (χ0n) is 18.0. The molecule has 7 heteroatoms. The minimum absolute atomic E-state index is 0.0581. The number of ketones is 2. The van der Waals surface area contributed by atoms with Gasteiger partial charge in [-0.25, -0.2) is 0 Å². The molecule has 2 aliphatic heterocycles. The van der Waals surface area contributed by atoms with Crippen molar-refractivity contribution in [1.82, 2.24) is 14.6 Å². The molecule has 0 N–H and O–H groups in total. The van der Waals surface area contributed by atoms with Gasteiger partial charge in [-0.15, -0.1) is 0 Å². The lowest BCUT2D eigenvalue weighted by atomic mass is 9.90. The van der Waals surface area contributed by atoms with Crippen LogP contribution in [-0.2, 0) is 4.79 Å². The maximum Gasteiger partial charge on any atom is 0.222 e. The Morgan fingerprint density at radius 2 is 2.00 bits per heavy atom. The van der Waals surface area contributed by atoms with Gasteiger partial charge in [0, 0.05) is 43.7 Å². The van der Waals surface area contributed by atoms with Crippen LogP contribution in [0.1, 0.15) is 77.9 Å². The summed E-state index contributed by atoms with van der Waals surface area (Å²) in [6, 6.07) is 3.88. The van der Waals surface area contributed by atoms with Crippen LogP contribution in [0.4, 0.5) is 0 Å². The molecule has 0 radical (unpaired) electrons. The van der Waals surface area contributed by atoms with Crippen molar-refractivity contribution in [3.05, 3.63) is 47.1 Å². The number of hydrogen-bond acceptors (Lipinski definition) is 5. The van der Waals surface area contributed by atoms with Gasteiger partial charge in [0.2, 0.25) is 5.91 Å². The maximum atomic E-state index is 12.7. The van der Waals surface area contributed by atoms with E-state index in [-0.39, 0.29) is 23.4 Å². The Hall–Kier alpha value is -2.96. The smallest absolute Gasteiger partial charge is 0.222 e. The molecule has 2 aromatic heterocycles. The Bertz CT molecular complexity index is 979. The van der Waals surface area contributed by atoms with Crippen LogP contribution < -0.4 is 0 Å². The summed E-state index contributed by atoms with van der Waals surface area (Å²) in [5.74, 6) is 0.354. The van der Waals surface area contributed by atoms with Gasteiger partial charge in [-0.05, 0) is 57.6 Å². The van der Waals surface area contributed by atoms with Crippen LogP contribution in [0.5, 0.6) is 0 Å². The summed E-state index contributed by atoms with van der Waals surface area (Å²) in [5.41, 5.74) is 3.62. The Morgan fingerprint density at radius 3 is 2.74 bits per heavy atom. The largest absolute Gasteiger partial charge is 0.364 e. The van der Waals surface area contributed by atoms with Crippen LogP contribution in [0, 0.1) is 12.8 Å². The van der Waals surface area contributed by atoms with E-state index in [9.17, 15) is 14.4 Å². The van der Waals surface area contributed by atoms with Crippen molar-refractivity contribution in [2.75, 3.05) is 13.1 Å². The zero-order chi connectivity index (χ0) is 21.8. The van der Waals surface area contributed by atoms with Gasteiger partial charge in [0.15, 0.2) is 11.6 Å². The molecule has 1 amide bonds. The van der Waals surface area contributed by atoms with Gasteiger partial charge in [0.1, 0.15) is 6.26 Å². The van der Waals surface area contributed by atoms with E-state index in [1.54, 1.807) is 0 Å². The van der Waals surface area contributed by atoms with Crippen LogP contribution in [-0.4, -0.2) is 45.2 Å². The fraction of sp³-hybridized carbons (Fsp3) is 0.500. The maximum absolute atomic E-state index is 12.7. The van der Waals surface area contributed by atoms with E-state index in [1.807, 2.05) is 28.5 Å². The van der Waals surface area contributed by atoms with Crippen LogP contribution in [0.3, 0.4) is 0 Å². The second-order valence-corrected chi connectivity index (χ2v) is 8.58. The molecule has 0 unspecified atom stereocenters. The molecule has 164 valence electrons. The average molecular weight is 424 g/mol. The summed E-state index contributed by atoms with van der Waals surface area (Å²) in [6.45, 7) is 3.25. The molecule has 0 spiro atoms. The minimum atomic E-state index is -0.0646. The molecule has 4 rings (SSSR count). The zero-order valence-corrected chi connectivity index (χ0v) is 18.0. The number of rotatable bonds is 6. The number of aromatic nitrogens is 2. The van der Waals surface area contributed by atoms with Gasteiger partial charge in [-0.3, -0.25) is 14.4 Å². The fourth-order valence-electron chi connectivity index (χ4n) is 4.57. The number of fused-ring (bicyclic) bond motifs is 1. The molecule has 0 saturated carbocycles. The van der Waals surface area contributed by atoms with Gasteiger partial charge in [-0.2, -0.15) is 0 Å². The van der Waals surface area contributed by atoms with Gasteiger partial charge in [0.05, 0.1) is 17.5 Å². The summed E-state index contributed by atoms with van der Waals surface area (Å²) in [7, 11) is 0. The Labute approximate surface area is 182 Å². The van der Waals surface area contributed by atoms with Gasteiger partial charge >= 0.3 is 0 Å². The van der Waals surface area contributed by atoms with E-state index in [4.69, 9.17) is 4.52 Å². The predicted molar refractivity (Wildman–Crippen MR) is 116 cm³/mol. The molecular formula is C24H29N3O4. The standard InChI is InChI=1S/C24H29N3O4/c1-17-8-9-21-22(28)6-2-4-18(15-27(17)21)5-3-7-23(29)26-12-10-19(11-13-26)24(30)20-14-25-31-16-20/h8-9,14-16,19H,2-7,10-13H2,1H3.